The lowest BCUT2D eigenvalue weighted by atomic mass is 10.3. The summed E-state index contributed by atoms with van der Waals surface area (Å²) < 4.78 is 1.17. The normalized spacial score (nSPS) is 10.3. The highest BCUT2D eigenvalue weighted by atomic mass is 16.4. The van der Waals surface area contributed by atoms with E-state index in [1.165, 1.54) is 22.7 Å². The quantitative estimate of drug-likeness (QED) is 0.674. The molecule has 70 valence electrons. The Kier molecular flexibility index (Phi) is 1.74. The summed E-state index contributed by atoms with van der Waals surface area (Å²) in [6, 6.07) is 2.63. The number of pyridine rings is 1. The molecule has 1 N–H and O–H groups in total. The molecule has 2 aromatic heterocycles. The van der Waals surface area contributed by atoms with Crippen LogP contribution in [0.25, 0.3) is 5.65 Å². The molecule has 2 rings (SSSR count). The van der Waals surface area contributed by atoms with E-state index in [4.69, 9.17) is 5.11 Å². The second kappa shape index (κ2) is 2.91. The number of fused-ring (bicyclic) bond motifs is 1. The zero-order valence-electron chi connectivity index (χ0n) is 6.91. The number of rotatable bonds is 1. The van der Waals surface area contributed by atoms with Gasteiger partial charge in [0.2, 0.25) is 0 Å². The van der Waals surface area contributed by atoms with Crippen LogP contribution in [0, 0.1) is 0 Å². The fourth-order valence-corrected chi connectivity index (χ4v) is 1.08. The van der Waals surface area contributed by atoms with Crippen LogP contribution in [0.3, 0.4) is 0 Å². The number of hydrogen-bond acceptors (Lipinski definition) is 4. The van der Waals surface area contributed by atoms with Crippen LogP contribution < -0.4 is 5.69 Å². The molecule has 0 radical (unpaired) electrons. The van der Waals surface area contributed by atoms with Crippen molar-refractivity contribution in [2.75, 3.05) is 0 Å². The van der Waals surface area contributed by atoms with Crippen molar-refractivity contribution >= 4 is 11.6 Å². The molecule has 0 aliphatic rings. The Balaban J connectivity index is 2.80. The Labute approximate surface area is 77.5 Å². The van der Waals surface area contributed by atoms with Crippen molar-refractivity contribution in [3.63, 3.8) is 0 Å². The van der Waals surface area contributed by atoms with E-state index in [0.29, 0.717) is 0 Å². The molecule has 0 aliphatic heterocycles. The number of nitrogens with zero attached hydrogens (tertiary/aromatic N) is 3. The maximum Gasteiger partial charge on any atom is 0.354 e. The molecule has 0 fully saturated rings. The van der Waals surface area contributed by atoms with Crippen molar-refractivity contribution in [1.29, 1.82) is 0 Å². The molecule has 2 heterocycles. The minimum atomic E-state index is -1.06. The van der Waals surface area contributed by atoms with Gasteiger partial charge >= 0.3 is 11.7 Å². The summed E-state index contributed by atoms with van der Waals surface area (Å²) in [7, 11) is 0. The Bertz CT molecular complexity index is 561. The maximum atomic E-state index is 11.1. The molecule has 6 nitrogen and oxygen atoms in total. The summed E-state index contributed by atoms with van der Waals surface area (Å²) in [4.78, 5) is 28.9. The van der Waals surface area contributed by atoms with Crippen LogP contribution in [0.4, 0.5) is 0 Å². The fourth-order valence-electron chi connectivity index (χ4n) is 1.08. The Morgan fingerprint density at radius 1 is 1.43 bits per heavy atom. The highest BCUT2D eigenvalue weighted by molar-refractivity contribution is 5.88. The monoisotopic (exact) mass is 191 g/mol. The minimum Gasteiger partial charge on any atom is -0.478 e. The molecule has 0 unspecified atom stereocenters. The molecule has 0 bridgehead atoms. The Hall–Kier alpha value is -2.24. The second-order valence-electron chi connectivity index (χ2n) is 2.61. The summed E-state index contributed by atoms with van der Waals surface area (Å²) >= 11 is 0. The van der Waals surface area contributed by atoms with E-state index in [1.807, 2.05) is 0 Å². The molecular weight excluding hydrogens is 186 g/mol. The van der Waals surface area contributed by atoms with E-state index in [9.17, 15) is 9.59 Å². The van der Waals surface area contributed by atoms with Gasteiger partial charge in [-0.1, -0.05) is 0 Å². The zero-order valence-corrected chi connectivity index (χ0v) is 6.91. The first-order chi connectivity index (χ1) is 6.68. The molecule has 0 saturated carbocycles. The number of carboxylic acid groups (broad SMARTS) is 1. The zero-order chi connectivity index (χ0) is 10.1. The highest BCUT2D eigenvalue weighted by Crippen LogP contribution is 2.01. The smallest absolute Gasteiger partial charge is 0.354 e. The van der Waals surface area contributed by atoms with Gasteiger partial charge < -0.3 is 5.11 Å². The molecule has 6 heteroatoms. The number of carboxylic acids is 1. The molecule has 14 heavy (non-hydrogen) atoms. The third-order valence-corrected chi connectivity index (χ3v) is 1.75. The van der Waals surface area contributed by atoms with Gasteiger partial charge in [-0.25, -0.2) is 14.6 Å². The third kappa shape index (κ3) is 1.22. The lowest BCUT2D eigenvalue weighted by molar-refractivity contribution is 0.0697. The predicted octanol–water partition coefficient (Wildman–Crippen LogP) is -0.212. The van der Waals surface area contributed by atoms with Crippen molar-refractivity contribution in [2.45, 2.75) is 0 Å². The van der Waals surface area contributed by atoms with Gasteiger partial charge in [-0.2, -0.15) is 4.98 Å². The first-order valence-electron chi connectivity index (χ1n) is 3.75. The number of aromatic carboxylic acids is 1. The van der Waals surface area contributed by atoms with E-state index < -0.39 is 11.7 Å². The van der Waals surface area contributed by atoms with E-state index in [1.54, 1.807) is 0 Å². The summed E-state index contributed by atoms with van der Waals surface area (Å²) in [6.07, 6.45) is 2.43. The molecule has 0 spiro atoms. The molecule has 0 aromatic carbocycles. The van der Waals surface area contributed by atoms with Crippen molar-refractivity contribution in [3.05, 3.63) is 40.7 Å². The lowest BCUT2D eigenvalue weighted by Crippen LogP contribution is -2.17. The predicted molar refractivity (Wildman–Crippen MR) is 46.2 cm³/mol. The SMILES string of the molecule is O=C(O)c1ccn2c(=O)ncnc2c1. The first kappa shape index (κ1) is 8.36. The van der Waals surface area contributed by atoms with Gasteiger partial charge in [-0.15, -0.1) is 0 Å². The van der Waals surface area contributed by atoms with Crippen molar-refractivity contribution in [2.24, 2.45) is 0 Å². The molecule has 0 saturated heterocycles. The number of carbonyl (C=O) groups is 1. The highest BCUT2D eigenvalue weighted by Gasteiger charge is 2.04. The van der Waals surface area contributed by atoms with Gasteiger partial charge in [0.15, 0.2) is 0 Å². The van der Waals surface area contributed by atoms with Crippen LogP contribution >= 0.6 is 0 Å². The van der Waals surface area contributed by atoms with Gasteiger partial charge in [0.05, 0.1) is 5.56 Å². The van der Waals surface area contributed by atoms with Gasteiger partial charge in [0.1, 0.15) is 12.0 Å². The van der Waals surface area contributed by atoms with Crippen molar-refractivity contribution in [3.8, 4) is 0 Å². The van der Waals surface area contributed by atoms with Crippen LogP contribution in [0.5, 0.6) is 0 Å². The molecule has 0 aliphatic carbocycles. The standard InChI is InChI=1S/C8H5N3O3/c12-7(13)5-1-2-11-6(3-5)9-4-10-8(11)14/h1-4H,(H,12,13). The van der Waals surface area contributed by atoms with Gasteiger partial charge in [-0.05, 0) is 12.1 Å². The molecule has 2 aromatic rings. The number of aromatic nitrogens is 3. The third-order valence-electron chi connectivity index (χ3n) is 1.75. The average molecular weight is 191 g/mol. The van der Waals surface area contributed by atoms with E-state index in [-0.39, 0.29) is 11.2 Å². The maximum absolute atomic E-state index is 11.1. The lowest BCUT2D eigenvalue weighted by Gasteiger charge is -1.98. The van der Waals surface area contributed by atoms with Crippen molar-refractivity contribution in [1.82, 2.24) is 14.4 Å². The summed E-state index contributed by atoms with van der Waals surface area (Å²) in [5, 5.41) is 8.68. The van der Waals surface area contributed by atoms with E-state index >= 15 is 0 Å². The van der Waals surface area contributed by atoms with Crippen LogP contribution in [0.2, 0.25) is 0 Å². The summed E-state index contributed by atoms with van der Waals surface area (Å²) in [6.45, 7) is 0. The van der Waals surface area contributed by atoms with Gasteiger partial charge in [-0.3, -0.25) is 4.40 Å². The van der Waals surface area contributed by atoms with E-state index in [0.717, 1.165) is 6.33 Å². The number of hydrogen-bond donors (Lipinski definition) is 1. The minimum absolute atomic E-state index is 0.0862. The van der Waals surface area contributed by atoms with Crippen LogP contribution in [0.15, 0.2) is 29.5 Å². The molecule has 0 atom stereocenters. The van der Waals surface area contributed by atoms with Crippen LogP contribution in [0.1, 0.15) is 10.4 Å². The average Bonchev–Trinajstić information content (AvgIpc) is 2.17. The second-order valence-corrected chi connectivity index (χ2v) is 2.61. The molecule has 0 amide bonds. The fraction of sp³-hybridized carbons (Fsp3) is 0. The Morgan fingerprint density at radius 3 is 2.93 bits per heavy atom. The topological polar surface area (TPSA) is 84.6 Å². The van der Waals surface area contributed by atoms with Crippen molar-refractivity contribution < 1.29 is 9.90 Å². The Morgan fingerprint density at radius 2 is 2.21 bits per heavy atom. The first-order valence-corrected chi connectivity index (χ1v) is 3.75. The van der Waals surface area contributed by atoms with Crippen LogP contribution in [-0.2, 0) is 0 Å². The summed E-state index contributed by atoms with van der Waals surface area (Å²) in [5.74, 6) is -1.06. The summed E-state index contributed by atoms with van der Waals surface area (Å²) in [5.41, 5.74) is -0.125. The van der Waals surface area contributed by atoms with Gasteiger partial charge in [0.25, 0.3) is 0 Å². The van der Waals surface area contributed by atoms with Gasteiger partial charge in [0, 0.05) is 6.20 Å². The van der Waals surface area contributed by atoms with E-state index in [2.05, 4.69) is 9.97 Å². The van der Waals surface area contributed by atoms with Crippen LogP contribution in [-0.4, -0.2) is 25.4 Å². The molecular formula is C8H5N3O3. The largest absolute Gasteiger partial charge is 0.478 e.